The van der Waals surface area contributed by atoms with E-state index in [1.807, 2.05) is 6.92 Å². The van der Waals surface area contributed by atoms with Gasteiger partial charge in [-0.1, -0.05) is 54.0 Å². The molecule has 0 saturated heterocycles. The van der Waals surface area contributed by atoms with E-state index in [2.05, 4.69) is 0 Å². The Kier molecular flexibility index (Phi) is 9.35. The van der Waals surface area contributed by atoms with Gasteiger partial charge in [-0.3, -0.25) is 4.79 Å². The van der Waals surface area contributed by atoms with Crippen LogP contribution in [-0.4, -0.2) is 29.0 Å². The van der Waals surface area contributed by atoms with Gasteiger partial charge in [0.2, 0.25) is 0 Å². The number of nitrogens with zero attached hydrogens (tertiary/aromatic N) is 1. The van der Waals surface area contributed by atoms with Crippen LogP contribution in [0.1, 0.15) is 6.92 Å². The van der Waals surface area contributed by atoms with E-state index in [0.29, 0.717) is 13.1 Å². The van der Waals surface area contributed by atoms with Gasteiger partial charge in [0, 0.05) is 24.2 Å². The van der Waals surface area contributed by atoms with Gasteiger partial charge in [-0.15, -0.1) is 0 Å². The van der Waals surface area contributed by atoms with Gasteiger partial charge in [0.25, 0.3) is 5.24 Å². The Morgan fingerprint density at radius 2 is 1.79 bits per heavy atom. The van der Waals surface area contributed by atoms with Crippen LogP contribution in [0.3, 0.4) is 0 Å². The van der Waals surface area contributed by atoms with Crippen LogP contribution in [0.2, 0.25) is 0 Å². The topological polar surface area (TPSA) is 20.3 Å². The lowest BCUT2D eigenvalue weighted by molar-refractivity contribution is 0.233. The van der Waals surface area contributed by atoms with Gasteiger partial charge in [-0.05, 0) is 5.75 Å². The molecule has 0 aliphatic carbocycles. The van der Waals surface area contributed by atoms with E-state index >= 15 is 0 Å². The van der Waals surface area contributed by atoms with Crippen molar-refractivity contribution in [2.75, 3.05) is 18.8 Å². The summed E-state index contributed by atoms with van der Waals surface area (Å²) >= 11 is 12.1. The molecule has 0 unspecified atom stereocenters. The highest BCUT2D eigenvalue weighted by Crippen LogP contribution is 2.08. The first-order chi connectivity index (χ1) is 6.76. The normalized spacial score (nSPS) is 11.4. The summed E-state index contributed by atoms with van der Waals surface area (Å²) < 4.78 is 0. The maximum absolute atomic E-state index is 11.5. The third-order valence-corrected chi connectivity index (χ3v) is 2.51. The maximum atomic E-state index is 11.5. The van der Waals surface area contributed by atoms with Crippen LogP contribution in [0.25, 0.3) is 0 Å². The van der Waals surface area contributed by atoms with Crippen LogP contribution in [0.15, 0.2) is 23.2 Å². The molecule has 1 amide bonds. The van der Waals surface area contributed by atoms with Crippen LogP contribution in [0, 0.1) is 0 Å². The summed E-state index contributed by atoms with van der Waals surface area (Å²) in [6.07, 6.45) is 3.44. The quantitative estimate of drug-likeness (QED) is 0.746. The lowest BCUT2D eigenvalue weighted by atomic mass is 10.5. The second-order valence-corrected chi connectivity index (χ2v) is 4.05. The molecule has 0 aliphatic heterocycles. The number of carbonyl (C=O) groups excluding carboxylic acids is 1. The number of hydrogen-bond donors (Lipinski definition) is 0. The monoisotopic (exact) mass is 253 g/mol. The van der Waals surface area contributed by atoms with Crippen LogP contribution < -0.4 is 0 Å². The highest BCUT2D eigenvalue weighted by atomic mass is 35.5. The smallest absolute Gasteiger partial charge is 0.282 e. The second-order valence-electron chi connectivity index (χ2n) is 2.33. The van der Waals surface area contributed by atoms with Crippen molar-refractivity contribution in [1.29, 1.82) is 0 Å². The van der Waals surface area contributed by atoms with E-state index in [1.54, 1.807) is 17.1 Å². The summed E-state index contributed by atoms with van der Waals surface area (Å²) in [5.41, 5.74) is 2.81. The van der Waals surface area contributed by atoms with Crippen molar-refractivity contribution in [3.05, 3.63) is 23.2 Å². The Balaban J connectivity index is 4.14. The molecule has 0 N–H and O–H groups in total. The Morgan fingerprint density at radius 3 is 2.14 bits per heavy atom. The third-order valence-electron chi connectivity index (χ3n) is 1.36. The van der Waals surface area contributed by atoms with E-state index in [-0.39, 0.29) is 5.24 Å². The van der Waals surface area contributed by atoms with Gasteiger partial charge >= 0.3 is 0 Å². The molecule has 0 fully saturated rings. The third kappa shape index (κ3) is 6.35. The lowest BCUT2D eigenvalue weighted by Crippen LogP contribution is -2.28. The average Bonchev–Trinajstić information content (AvgIpc) is 2.18. The first kappa shape index (κ1) is 13.9. The predicted molar refractivity (Wildman–Crippen MR) is 65.1 cm³/mol. The lowest BCUT2D eigenvalue weighted by Gasteiger charge is -2.17. The van der Waals surface area contributed by atoms with Crippen molar-refractivity contribution in [2.24, 2.45) is 0 Å². The first-order valence-electron chi connectivity index (χ1n) is 4.18. The first-order valence-corrected chi connectivity index (χ1v) is 6.04. The van der Waals surface area contributed by atoms with Crippen LogP contribution >= 0.6 is 35.0 Å². The van der Waals surface area contributed by atoms with E-state index in [1.165, 1.54) is 22.8 Å². The van der Waals surface area contributed by atoms with Gasteiger partial charge < -0.3 is 4.90 Å². The van der Waals surface area contributed by atoms with E-state index in [0.717, 1.165) is 5.75 Å². The molecule has 0 spiro atoms. The van der Waals surface area contributed by atoms with Gasteiger partial charge in [0.1, 0.15) is 0 Å². The molecule has 0 aromatic rings. The highest BCUT2D eigenvalue weighted by molar-refractivity contribution is 8.13. The maximum Gasteiger partial charge on any atom is 0.282 e. The molecule has 0 rings (SSSR count). The molecule has 0 aromatic carbocycles. The molecule has 14 heavy (non-hydrogen) atoms. The summed E-state index contributed by atoms with van der Waals surface area (Å²) in [6, 6.07) is 0. The minimum Gasteiger partial charge on any atom is -0.326 e. The fourth-order valence-corrected chi connectivity index (χ4v) is 1.51. The molecule has 0 bridgehead atoms. The number of carbonyl (C=O) groups is 1. The van der Waals surface area contributed by atoms with Gasteiger partial charge in [-0.25, -0.2) is 0 Å². The van der Waals surface area contributed by atoms with Crippen molar-refractivity contribution in [2.45, 2.75) is 6.92 Å². The van der Waals surface area contributed by atoms with Crippen LogP contribution in [0.5, 0.6) is 0 Å². The number of amides is 1. The minimum atomic E-state index is 0.0389. The zero-order chi connectivity index (χ0) is 10.8. The molecule has 0 aromatic heterocycles. The van der Waals surface area contributed by atoms with E-state index in [9.17, 15) is 4.79 Å². The fraction of sp³-hybridized carbons (Fsp3) is 0.444. The number of thioether (sulfide) groups is 1. The molecule has 0 aliphatic rings. The van der Waals surface area contributed by atoms with Crippen molar-refractivity contribution < 1.29 is 4.79 Å². The molecular weight excluding hydrogens is 241 g/mol. The van der Waals surface area contributed by atoms with Crippen molar-refractivity contribution in [3.63, 3.8) is 0 Å². The van der Waals surface area contributed by atoms with Crippen molar-refractivity contribution in [1.82, 2.24) is 4.90 Å². The van der Waals surface area contributed by atoms with Crippen molar-refractivity contribution >= 4 is 40.2 Å². The number of halogens is 2. The Hall–Kier alpha value is -0.120. The zero-order valence-corrected chi connectivity index (χ0v) is 10.3. The number of hydrogen-bond acceptors (Lipinski definition) is 2. The molecule has 2 nitrogen and oxygen atoms in total. The Morgan fingerprint density at radius 1 is 1.29 bits per heavy atom. The van der Waals surface area contributed by atoms with Gasteiger partial charge in [-0.2, -0.15) is 0 Å². The SMILES string of the molecule is CCSC(=O)N(CC=CCl)CC=CCl. The Labute approximate surface area is 98.9 Å². The average molecular weight is 254 g/mol. The second kappa shape index (κ2) is 9.44. The van der Waals surface area contributed by atoms with Crippen molar-refractivity contribution in [3.8, 4) is 0 Å². The van der Waals surface area contributed by atoms with E-state index in [4.69, 9.17) is 23.2 Å². The van der Waals surface area contributed by atoms with E-state index < -0.39 is 0 Å². The standard InChI is InChI=1S/C9H13Cl2NOS/c1-2-14-9(13)12(7-3-5-10)8-4-6-11/h3-6H,2,7-8H2,1H3. The summed E-state index contributed by atoms with van der Waals surface area (Å²) in [6.45, 7) is 2.96. The predicted octanol–water partition coefficient (Wildman–Crippen LogP) is 3.67. The largest absolute Gasteiger partial charge is 0.326 e. The summed E-state index contributed by atoms with van der Waals surface area (Å²) in [5.74, 6) is 0.768. The summed E-state index contributed by atoms with van der Waals surface area (Å²) in [4.78, 5) is 13.1. The molecule has 80 valence electrons. The number of rotatable bonds is 5. The molecule has 0 saturated carbocycles. The fourth-order valence-electron chi connectivity index (χ4n) is 0.773. The molecule has 0 atom stereocenters. The highest BCUT2D eigenvalue weighted by Gasteiger charge is 2.09. The van der Waals surface area contributed by atoms with Crippen LogP contribution in [-0.2, 0) is 0 Å². The summed E-state index contributed by atoms with van der Waals surface area (Å²) in [5, 5.41) is 0.0389. The Bertz CT molecular complexity index is 205. The molecule has 0 heterocycles. The molecule has 0 radical (unpaired) electrons. The zero-order valence-electron chi connectivity index (χ0n) is 7.95. The van der Waals surface area contributed by atoms with Gasteiger partial charge in [0.15, 0.2) is 0 Å². The van der Waals surface area contributed by atoms with Gasteiger partial charge in [0.05, 0.1) is 0 Å². The molecular formula is C9H13Cl2NOS. The van der Waals surface area contributed by atoms with Crippen LogP contribution in [0.4, 0.5) is 4.79 Å². The minimum absolute atomic E-state index is 0.0389. The summed E-state index contributed by atoms with van der Waals surface area (Å²) in [7, 11) is 0. The molecule has 5 heteroatoms.